The fourth-order valence-corrected chi connectivity index (χ4v) is 7.09. The van der Waals surface area contributed by atoms with Crippen LogP contribution in [0.3, 0.4) is 0 Å². The lowest BCUT2D eigenvalue weighted by Crippen LogP contribution is -2.63. The quantitative estimate of drug-likeness (QED) is 0.212. The van der Waals surface area contributed by atoms with Gasteiger partial charge < -0.3 is 10.1 Å². The van der Waals surface area contributed by atoms with E-state index in [1.54, 1.807) is 4.63 Å². The first-order chi connectivity index (χ1) is 18.9. The second-order valence-corrected chi connectivity index (χ2v) is 12.4. The molecule has 1 saturated carbocycles. The number of fused-ring (bicyclic) bond motifs is 1. The summed E-state index contributed by atoms with van der Waals surface area (Å²) in [5.74, 6) is 0.922. The minimum atomic E-state index is -0.363. The minimum absolute atomic E-state index is 0.00270. The molecule has 2 aliphatic rings. The summed E-state index contributed by atoms with van der Waals surface area (Å²) in [4.78, 5) is 30.7. The molecule has 1 atom stereocenters. The maximum Gasteiger partial charge on any atom is 0.306 e. The summed E-state index contributed by atoms with van der Waals surface area (Å²) >= 11 is 0. The normalized spacial score (nSPS) is 26.3. The SMILES string of the molecule is CCCCCCCCC1(CCCCCC)COC(=O)CCC(=O)NC12CCC(c1nc3cc(C)[nH]n3n1)CC2. The Morgan fingerprint density at radius 1 is 0.949 bits per heavy atom. The predicted molar refractivity (Wildman–Crippen MR) is 154 cm³/mol. The minimum Gasteiger partial charge on any atom is -0.465 e. The molecule has 39 heavy (non-hydrogen) atoms. The van der Waals surface area contributed by atoms with Crippen molar-refractivity contribution < 1.29 is 14.3 Å². The highest BCUT2D eigenvalue weighted by Crippen LogP contribution is 2.52. The molecular formula is C31H51N5O3. The molecule has 3 heterocycles. The summed E-state index contributed by atoms with van der Waals surface area (Å²) in [6.07, 6.45) is 18.0. The fraction of sp³-hybridized carbons (Fsp3) is 0.806. The number of rotatable bonds is 13. The summed E-state index contributed by atoms with van der Waals surface area (Å²) in [5.41, 5.74) is 1.30. The highest BCUT2D eigenvalue weighted by molar-refractivity contribution is 5.82. The second kappa shape index (κ2) is 13.8. The molecule has 2 aromatic rings. The largest absolute Gasteiger partial charge is 0.465 e. The highest BCUT2D eigenvalue weighted by atomic mass is 16.5. The van der Waals surface area contributed by atoms with Gasteiger partial charge in [0.25, 0.3) is 0 Å². The molecule has 1 aliphatic heterocycles. The van der Waals surface area contributed by atoms with Gasteiger partial charge in [-0.25, -0.2) is 4.98 Å². The monoisotopic (exact) mass is 541 g/mol. The first-order valence-electron chi connectivity index (χ1n) is 15.8. The van der Waals surface area contributed by atoms with Crippen LogP contribution in [0.4, 0.5) is 0 Å². The van der Waals surface area contributed by atoms with E-state index in [0.717, 1.165) is 68.5 Å². The molecule has 1 aliphatic carbocycles. The Morgan fingerprint density at radius 2 is 1.59 bits per heavy atom. The highest BCUT2D eigenvalue weighted by Gasteiger charge is 2.54. The molecule has 1 saturated heterocycles. The lowest BCUT2D eigenvalue weighted by Gasteiger charge is -2.54. The van der Waals surface area contributed by atoms with Gasteiger partial charge in [0.05, 0.1) is 13.0 Å². The Morgan fingerprint density at radius 3 is 2.26 bits per heavy atom. The van der Waals surface area contributed by atoms with E-state index in [-0.39, 0.29) is 41.6 Å². The molecule has 1 amide bonds. The van der Waals surface area contributed by atoms with E-state index in [9.17, 15) is 9.59 Å². The number of nitrogens with one attached hydrogen (secondary N) is 2. The number of hydrogen-bond donors (Lipinski definition) is 2. The Hall–Kier alpha value is -2.38. The zero-order valence-electron chi connectivity index (χ0n) is 24.7. The lowest BCUT2D eigenvalue weighted by atomic mass is 9.57. The average Bonchev–Trinajstić information content (AvgIpc) is 3.48. The summed E-state index contributed by atoms with van der Waals surface area (Å²) in [7, 11) is 0. The average molecular weight is 542 g/mol. The van der Waals surface area contributed by atoms with E-state index in [0.29, 0.717) is 6.61 Å². The predicted octanol–water partition coefficient (Wildman–Crippen LogP) is 6.92. The van der Waals surface area contributed by atoms with Gasteiger partial charge in [0.2, 0.25) is 5.91 Å². The van der Waals surface area contributed by atoms with Crippen molar-refractivity contribution in [3.63, 3.8) is 0 Å². The van der Waals surface area contributed by atoms with E-state index < -0.39 is 0 Å². The molecule has 2 fully saturated rings. The molecule has 0 radical (unpaired) electrons. The van der Waals surface area contributed by atoms with Crippen molar-refractivity contribution in [2.45, 2.75) is 148 Å². The fourth-order valence-electron chi connectivity index (χ4n) is 7.09. The number of aromatic amines is 1. The van der Waals surface area contributed by atoms with Crippen LogP contribution in [0, 0.1) is 12.3 Å². The van der Waals surface area contributed by atoms with Crippen LogP contribution in [-0.4, -0.2) is 43.8 Å². The van der Waals surface area contributed by atoms with Crippen molar-refractivity contribution in [2.75, 3.05) is 6.61 Å². The molecular weight excluding hydrogens is 490 g/mol. The van der Waals surface area contributed by atoms with Gasteiger partial charge in [-0.05, 0) is 45.4 Å². The Kier molecular flexibility index (Phi) is 10.5. The molecule has 4 rings (SSSR count). The molecule has 218 valence electrons. The maximum absolute atomic E-state index is 13.2. The number of carbonyl (C=O) groups excluding carboxylic acids is 2. The maximum atomic E-state index is 13.2. The van der Waals surface area contributed by atoms with Crippen LogP contribution < -0.4 is 5.32 Å². The van der Waals surface area contributed by atoms with E-state index in [1.807, 2.05) is 13.0 Å². The number of amides is 1. The van der Waals surface area contributed by atoms with Crippen LogP contribution in [0.1, 0.15) is 147 Å². The first-order valence-corrected chi connectivity index (χ1v) is 15.8. The molecule has 8 nitrogen and oxygen atoms in total. The number of aromatic nitrogens is 4. The topological polar surface area (TPSA) is 101 Å². The van der Waals surface area contributed by atoms with Crippen LogP contribution in [-0.2, 0) is 14.3 Å². The number of carbonyl (C=O) groups is 2. The van der Waals surface area contributed by atoms with Gasteiger partial charge in [-0.1, -0.05) is 78.1 Å². The molecule has 1 unspecified atom stereocenters. The molecule has 1 spiro atoms. The van der Waals surface area contributed by atoms with Crippen molar-refractivity contribution in [1.29, 1.82) is 0 Å². The zero-order chi connectivity index (χ0) is 27.7. The number of esters is 1. The van der Waals surface area contributed by atoms with Gasteiger partial charge in [-0.3, -0.25) is 14.7 Å². The van der Waals surface area contributed by atoms with Crippen molar-refractivity contribution in [2.24, 2.45) is 5.41 Å². The second-order valence-electron chi connectivity index (χ2n) is 12.4. The Bertz CT molecular complexity index is 1040. The van der Waals surface area contributed by atoms with Crippen LogP contribution >= 0.6 is 0 Å². The van der Waals surface area contributed by atoms with Crippen molar-refractivity contribution in [1.82, 2.24) is 25.1 Å². The van der Waals surface area contributed by atoms with Crippen LogP contribution in [0.2, 0.25) is 0 Å². The van der Waals surface area contributed by atoms with E-state index in [2.05, 4.69) is 24.3 Å². The number of aryl methyl sites for hydroxylation is 1. The number of hydrogen-bond acceptors (Lipinski definition) is 5. The number of ether oxygens (including phenoxy) is 1. The summed E-state index contributed by atoms with van der Waals surface area (Å²) in [5, 5.41) is 11.5. The van der Waals surface area contributed by atoms with Crippen molar-refractivity contribution in [3.05, 3.63) is 17.6 Å². The number of nitrogens with zero attached hydrogens (tertiary/aromatic N) is 3. The lowest BCUT2D eigenvalue weighted by molar-refractivity contribution is -0.150. The Balaban J connectivity index is 1.58. The van der Waals surface area contributed by atoms with E-state index >= 15 is 0 Å². The molecule has 2 aromatic heterocycles. The summed E-state index contributed by atoms with van der Waals surface area (Å²) < 4.78 is 7.77. The summed E-state index contributed by atoms with van der Waals surface area (Å²) in [6.45, 7) is 6.92. The smallest absolute Gasteiger partial charge is 0.306 e. The molecule has 2 N–H and O–H groups in total. The molecule has 0 aromatic carbocycles. The number of cyclic esters (lactones) is 1. The third kappa shape index (κ3) is 7.23. The van der Waals surface area contributed by atoms with Gasteiger partial charge in [0.15, 0.2) is 11.5 Å². The van der Waals surface area contributed by atoms with Crippen LogP contribution in [0.5, 0.6) is 0 Å². The number of unbranched alkanes of at least 4 members (excludes halogenated alkanes) is 8. The number of H-pyrrole nitrogens is 1. The first kappa shape index (κ1) is 29.6. The third-order valence-electron chi connectivity index (χ3n) is 9.46. The molecule has 8 heteroatoms. The van der Waals surface area contributed by atoms with Gasteiger partial charge in [0, 0.05) is 35.1 Å². The summed E-state index contributed by atoms with van der Waals surface area (Å²) in [6, 6.07) is 2.02. The van der Waals surface area contributed by atoms with Gasteiger partial charge >= 0.3 is 5.97 Å². The van der Waals surface area contributed by atoms with Crippen molar-refractivity contribution >= 4 is 17.5 Å². The van der Waals surface area contributed by atoms with E-state index in [4.69, 9.17) is 14.8 Å². The van der Waals surface area contributed by atoms with Gasteiger partial charge in [-0.2, -0.15) is 4.63 Å². The van der Waals surface area contributed by atoms with Crippen molar-refractivity contribution in [3.8, 4) is 0 Å². The third-order valence-corrected chi connectivity index (χ3v) is 9.46. The Labute approximate surface area is 234 Å². The van der Waals surface area contributed by atoms with Crippen LogP contribution in [0.25, 0.3) is 5.65 Å². The zero-order valence-corrected chi connectivity index (χ0v) is 24.7. The van der Waals surface area contributed by atoms with Crippen LogP contribution in [0.15, 0.2) is 6.07 Å². The van der Waals surface area contributed by atoms with Gasteiger partial charge in [-0.15, -0.1) is 5.10 Å². The van der Waals surface area contributed by atoms with E-state index in [1.165, 1.54) is 51.4 Å². The molecule has 0 bridgehead atoms. The standard InChI is InChI=1S/C31H51N5O3/c1-4-6-8-10-11-13-19-30(18-12-9-7-5-2)23-39-28(38)15-14-27(37)33-31(30)20-16-25(17-21-31)29-32-26-22-24(3)34-36(26)35-29/h22,25,34H,4-21,23H2,1-3H3,(H,33,37). The van der Waals surface area contributed by atoms with Gasteiger partial charge in [0.1, 0.15) is 0 Å².